The first-order valence-corrected chi connectivity index (χ1v) is 15.8. The first-order chi connectivity index (χ1) is 17.9. The number of allylic oxidation sites excluding steroid dienone is 1. The molecule has 1 saturated carbocycles. The molecular formula is C30H48O7Si. The molecule has 1 aromatic rings. The summed E-state index contributed by atoms with van der Waals surface area (Å²) in [5, 5.41) is 0. The Morgan fingerprint density at radius 2 is 1.39 bits per heavy atom. The average molecular weight is 549 g/mol. The summed E-state index contributed by atoms with van der Waals surface area (Å²) in [6.07, 6.45) is 0.244. The van der Waals surface area contributed by atoms with E-state index in [9.17, 15) is 4.79 Å². The lowest BCUT2D eigenvalue weighted by Gasteiger charge is -2.57. The largest absolute Gasteiger partial charge is 0.500 e. The van der Waals surface area contributed by atoms with E-state index in [-0.39, 0.29) is 17.8 Å². The zero-order chi connectivity index (χ0) is 28.6. The maximum Gasteiger partial charge on any atom is 0.200 e. The fourth-order valence-electron chi connectivity index (χ4n) is 7.64. The number of hydrogen-bond donors (Lipinski definition) is 0. The molecule has 0 unspecified atom stereocenters. The Morgan fingerprint density at radius 3 is 1.84 bits per heavy atom. The maximum atomic E-state index is 13.8. The van der Waals surface area contributed by atoms with Crippen LogP contribution < -0.4 is 9.47 Å². The molecule has 2 bridgehead atoms. The van der Waals surface area contributed by atoms with Gasteiger partial charge in [-0.05, 0) is 47.7 Å². The highest BCUT2D eigenvalue weighted by Gasteiger charge is 2.65. The number of carbonyl (C=O) groups is 1. The molecule has 1 fully saturated rings. The second kappa shape index (κ2) is 11.7. The van der Waals surface area contributed by atoms with Crippen LogP contribution in [-0.4, -0.2) is 61.5 Å². The SMILES string of the molecule is COC1=C(C)C(=O)[C@@H]2C[C@H](O[Si](C(C)C)(C(C)C)C(C)C)[C@@H](c3ccc(OC)c(OC)c3)[C@H]1C2(OC)OC. The van der Waals surface area contributed by atoms with Crippen LogP contribution in [0.1, 0.15) is 66.4 Å². The van der Waals surface area contributed by atoms with Crippen molar-refractivity contribution in [1.82, 2.24) is 0 Å². The number of hydrogen-bond acceptors (Lipinski definition) is 7. The number of Topliss-reactive ketones (excluding diaryl/α,β-unsaturated/α-hetero) is 1. The van der Waals surface area contributed by atoms with Crippen LogP contribution in [0.4, 0.5) is 0 Å². The summed E-state index contributed by atoms with van der Waals surface area (Å²) in [7, 11) is 5.80. The molecule has 4 atom stereocenters. The molecule has 0 saturated heterocycles. The fourth-order valence-corrected chi connectivity index (χ4v) is 13.2. The Bertz CT molecular complexity index is 1010. The van der Waals surface area contributed by atoms with Crippen molar-refractivity contribution in [3.8, 4) is 11.5 Å². The Kier molecular flexibility index (Phi) is 9.44. The zero-order valence-electron chi connectivity index (χ0n) is 25.3. The van der Waals surface area contributed by atoms with E-state index in [1.807, 2.05) is 19.1 Å². The zero-order valence-corrected chi connectivity index (χ0v) is 26.3. The lowest BCUT2D eigenvalue weighted by molar-refractivity contribution is -0.290. The quantitative estimate of drug-likeness (QED) is 0.232. The predicted molar refractivity (Wildman–Crippen MR) is 151 cm³/mol. The van der Waals surface area contributed by atoms with Gasteiger partial charge in [0.2, 0.25) is 8.32 Å². The molecule has 3 rings (SSSR count). The second-order valence-electron chi connectivity index (χ2n) is 11.6. The number of fused-ring (bicyclic) bond motifs is 2. The van der Waals surface area contributed by atoms with Gasteiger partial charge in [0.15, 0.2) is 23.1 Å². The molecular weight excluding hydrogens is 500 g/mol. The van der Waals surface area contributed by atoms with Gasteiger partial charge in [0.05, 0.1) is 39.3 Å². The fraction of sp³-hybridized carbons (Fsp3) is 0.700. The van der Waals surface area contributed by atoms with E-state index in [1.165, 1.54) is 0 Å². The third kappa shape index (κ3) is 4.61. The maximum absolute atomic E-state index is 13.8. The van der Waals surface area contributed by atoms with Gasteiger partial charge < -0.3 is 28.1 Å². The van der Waals surface area contributed by atoms with E-state index in [4.69, 9.17) is 28.1 Å². The van der Waals surface area contributed by atoms with Gasteiger partial charge in [-0.3, -0.25) is 4.79 Å². The van der Waals surface area contributed by atoms with Crippen LogP contribution in [0.5, 0.6) is 11.5 Å². The van der Waals surface area contributed by atoms with Crippen LogP contribution in [0.3, 0.4) is 0 Å². The van der Waals surface area contributed by atoms with Crippen molar-refractivity contribution in [2.45, 2.75) is 89.3 Å². The normalized spacial score (nSPS) is 25.4. The number of methoxy groups -OCH3 is 5. The average Bonchev–Trinajstić information content (AvgIpc) is 2.89. The minimum atomic E-state index is -2.32. The molecule has 1 aromatic carbocycles. The summed E-state index contributed by atoms with van der Waals surface area (Å²) in [5.41, 5.74) is 2.79. The van der Waals surface area contributed by atoms with Gasteiger partial charge in [-0.2, -0.15) is 0 Å². The van der Waals surface area contributed by atoms with Crippen LogP contribution in [0.15, 0.2) is 29.5 Å². The first kappa shape index (κ1) is 30.7. The Labute approximate surface area is 230 Å². The number of benzene rings is 1. The minimum Gasteiger partial charge on any atom is -0.500 e. The van der Waals surface area contributed by atoms with Crippen molar-refractivity contribution in [3.05, 3.63) is 35.1 Å². The van der Waals surface area contributed by atoms with Gasteiger partial charge >= 0.3 is 0 Å². The van der Waals surface area contributed by atoms with Gasteiger partial charge in [0, 0.05) is 25.7 Å². The third-order valence-electron chi connectivity index (χ3n) is 9.20. The molecule has 0 aromatic heterocycles. The van der Waals surface area contributed by atoms with Gasteiger partial charge in [-0.1, -0.05) is 47.6 Å². The molecule has 8 heteroatoms. The Hall–Kier alpha value is -1.87. The van der Waals surface area contributed by atoms with Crippen molar-refractivity contribution in [3.63, 3.8) is 0 Å². The van der Waals surface area contributed by atoms with E-state index < -0.39 is 25.9 Å². The summed E-state index contributed by atoms with van der Waals surface area (Å²) >= 11 is 0. The summed E-state index contributed by atoms with van der Waals surface area (Å²) in [5.74, 6) is -0.440. The highest BCUT2D eigenvalue weighted by Crippen LogP contribution is 2.59. The Morgan fingerprint density at radius 1 is 0.842 bits per heavy atom. The summed E-state index contributed by atoms with van der Waals surface area (Å²) < 4.78 is 37.0. The molecule has 214 valence electrons. The van der Waals surface area contributed by atoms with Crippen LogP contribution in [0.2, 0.25) is 16.6 Å². The van der Waals surface area contributed by atoms with Crippen molar-refractivity contribution in [2.24, 2.45) is 11.8 Å². The number of carbonyl (C=O) groups excluding carboxylic acids is 1. The smallest absolute Gasteiger partial charge is 0.200 e. The molecule has 0 aliphatic heterocycles. The van der Waals surface area contributed by atoms with E-state index in [0.717, 1.165) is 5.56 Å². The molecule has 0 radical (unpaired) electrons. The van der Waals surface area contributed by atoms with Gasteiger partial charge in [-0.25, -0.2) is 0 Å². The van der Waals surface area contributed by atoms with Crippen LogP contribution in [-0.2, 0) is 23.4 Å². The van der Waals surface area contributed by atoms with Crippen molar-refractivity contribution in [1.29, 1.82) is 0 Å². The molecule has 0 heterocycles. The molecule has 38 heavy (non-hydrogen) atoms. The summed E-state index contributed by atoms with van der Waals surface area (Å²) in [4.78, 5) is 13.8. The van der Waals surface area contributed by atoms with Gasteiger partial charge in [0.1, 0.15) is 5.76 Å². The molecule has 0 amide bonds. The highest BCUT2D eigenvalue weighted by molar-refractivity contribution is 6.77. The summed E-state index contributed by atoms with van der Waals surface area (Å²) in [6.45, 7) is 15.5. The predicted octanol–water partition coefficient (Wildman–Crippen LogP) is 6.48. The monoisotopic (exact) mass is 548 g/mol. The summed E-state index contributed by atoms with van der Waals surface area (Å²) in [6, 6.07) is 5.99. The topological polar surface area (TPSA) is 72.5 Å². The van der Waals surface area contributed by atoms with Crippen molar-refractivity contribution in [2.75, 3.05) is 35.5 Å². The molecule has 2 aliphatic rings. The van der Waals surface area contributed by atoms with Gasteiger partial charge in [0.25, 0.3) is 0 Å². The molecule has 2 aliphatic carbocycles. The lowest BCUT2D eigenvalue weighted by Crippen LogP contribution is -2.65. The lowest BCUT2D eigenvalue weighted by atomic mass is 9.59. The highest BCUT2D eigenvalue weighted by atomic mass is 28.4. The number of rotatable bonds is 11. The van der Waals surface area contributed by atoms with E-state index in [2.05, 4.69) is 47.6 Å². The molecule has 0 N–H and O–H groups in total. The first-order valence-electron chi connectivity index (χ1n) is 13.7. The Balaban J connectivity index is 2.35. The standard InChI is InChI=1S/C30H48O7Si/c1-17(2)38(18(3)4,19(5)6)37-25-16-22-28(31)20(7)29(34-10)27(30(22,35-11)36-12)26(25)21-13-14-23(32-8)24(15-21)33-9/h13-15,17-19,22,25-27H,16H2,1-12H3/t22-,25-,26+,27+/m0/s1. The molecule has 0 spiro atoms. The molecule has 7 nitrogen and oxygen atoms in total. The van der Waals surface area contributed by atoms with Crippen molar-refractivity contribution >= 4 is 14.1 Å². The van der Waals surface area contributed by atoms with E-state index in [1.54, 1.807) is 35.5 Å². The van der Waals surface area contributed by atoms with Crippen LogP contribution in [0, 0.1) is 11.8 Å². The second-order valence-corrected chi connectivity index (χ2v) is 17.0. The van der Waals surface area contributed by atoms with Crippen LogP contribution >= 0.6 is 0 Å². The van der Waals surface area contributed by atoms with Crippen LogP contribution in [0.25, 0.3) is 0 Å². The third-order valence-corrected chi connectivity index (χ3v) is 15.3. The number of ether oxygens (including phenoxy) is 5. The van der Waals surface area contributed by atoms with Gasteiger partial charge in [-0.15, -0.1) is 0 Å². The van der Waals surface area contributed by atoms with E-state index >= 15 is 0 Å². The number of ketones is 1. The minimum absolute atomic E-state index is 0.00734. The van der Waals surface area contributed by atoms with E-state index in [0.29, 0.717) is 45.9 Å². The van der Waals surface area contributed by atoms with Crippen molar-refractivity contribution < 1.29 is 32.9 Å².